The smallest absolute Gasteiger partial charge is 0.303 e. The van der Waals surface area contributed by atoms with E-state index in [1.54, 1.807) is 42.6 Å². The maximum Gasteiger partial charge on any atom is 0.303 e. The second-order valence-electron chi connectivity index (χ2n) is 8.43. The highest BCUT2D eigenvalue weighted by molar-refractivity contribution is 6.31. The predicted molar refractivity (Wildman–Crippen MR) is 138 cm³/mol. The van der Waals surface area contributed by atoms with Crippen LogP contribution in [0, 0.1) is 0 Å². The van der Waals surface area contributed by atoms with Gasteiger partial charge in [0.1, 0.15) is 5.65 Å². The summed E-state index contributed by atoms with van der Waals surface area (Å²) in [6, 6.07) is 15.5. The van der Waals surface area contributed by atoms with Crippen molar-refractivity contribution >= 4 is 51.8 Å². The first-order chi connectivity index (χ1) is 17.3. The Kier molecular flexibility index (Phi) is 6.38. The molecule has 36 heavy (non-hydrogen) atoms. The van der Waals surface area contributed by atoms with Gasteiger partial charge in [0.05, 0.1) is 23.7 Å². The number of amides is 1. The van der Waals surface area contributed by atoms with E-state index in [0.29, 0.717) is 32.5 Å². The van der Waals surface area contributed by atoms with Crippen LogP contribution in [0.2, 0.25) is 10.0 Å². The van der Waals surface area contributed by atoms with Gasteiger partial charge in [0.25, 0.3) is 5.56 Å². The summed E-state index contributed by atoms with van der Waals surface area (Å²) in [6.45, 7) is 0. The fourth-order valence-electron chi connectivity index (χ4n) is 4.46. The SMILES string of the molecule is O=C(O)CCC(=O)N1N=C(c2c(-c3ccc(Cl)cc3)c3cc[nH]c3[nH]c2=O)CC1c1ccc(Cl)cc1. The number of nitrogens with one attached hydrogen (secondary N) is 2. The second kappa shape index (κ2) is 9.64. The Morgan fingerprint density at radius 1 is 0.972 bits per heavy atom. The lowest BCUT2D eigenvalue weighted by Crippen LogP contribution is -2.27. The quantitative estimate of drug-likeness (QED) is 0.315. The number of carbonyl (C=O) groups excluding carboxylic acids is 1. The normalized spacial score (nSPS) is 15.3. The van der Waals surface area contributed by atoms with Crippen LogP contribution in [-0.2, 0) is 9.59 Å². The molecule has 1 unspecified atom stereocenters. The summed E-state index contributed by atoms with van der Waals surface area (Å²) in [7, 11) is 0. The highest BCUT2D eigenvalue weighted by Crippen LogP contribution is 2.37. The predicted octanol–water partition coefficient (Wildman–Crippen LogP) is 5.37. The van der Waals surface area contributed by atoms with Crippen LogP contribution in [0.4, 0.5) is 0 Å². The van der Waals surface area contributed by atoms with Gasteiger partial charge in [0.15, 0.2) is 0 Å². The third kappa shape index (κ3) is 4.53. The van der Waals surface area contributed by atoms with E-state index in [1.165, 1.54) is 5.01 Å². The number of pyridine rings is 1. The third-order valence-corrected chi connectivity index (χ3v) is 6.63. The lowest BCUT2D eigenvalue weighted by Gasteiger charge is -2.22. The molecule has 182 valence electrons. The highest BCUT2D eigenvalue weighted by atomic mass is 35.5. The summed E-state index contributed by atoms with van der Waals surface area (Å²) in [4.78, 5) is 43.4. The molecule has 4 aromatic rings. The van der Waals surface area contributed by atoms with Crippen LogP contribution in [0.15, 0.2) is 70.7 Å². The Morgan fingerprint density at radius 2 is 1.64 bits per heavy atom. The molecule has 0 radical (unpaired) electrons. The summed E-state index contributed by atoms with van der Waals surface area (Å²) in [5.74, 6) is -1.52. The van der Waals surface area contributed by atoms with Gasteiger partial charge in [-0.05, 0) is 41.5 Å². The number of hydrogen-bond donors (Lipinski definition) is 3. The number of aliphatic carboxylic acids is 1. The van der Waals surface area contributed by atoms with Crippen molar-refractivity contribution in [1.82, 2.24) is 15.0 Å². The minimum atomic E-state index is -1.07. The van der Waals surface area contributed by atoms with Crippen LogP contribution in [-0.4, -0.2) is 37.7 Å². The van der Waals surface area contributed by atoms with E-state index in [0.717, 1.165) is 16.5 Å². The first kappa shape index (κ1) is 23.8. The van der Waals surface area contributed by atoms with E-state index < -0.39 is 17.9 Å². The zero-order chi connectivity index (χ0) is 25.4. The minimum Gasteiger partial charge on any atom is -0.481 e. The third-order valence-electron chi connectivity index (χ3n) is 6.13. The Morgan fingerprint density at radius 3 is 2.31 bits per heavy atom. The van der Waals surface area contributed by atoms with Crippen molar-refractivity contribution in [3.05, 3.63) is 92.3 Å². The summed E-state index contributed by atoms with van der Waals surface area (Å²) in [5.41, 5.74) is 3.18. The van der Waals surface area contributed by atoms with E-state index in [1.807, 2.05) is 18.2 Å². The number of benzene rings is 2. The molecule has 1 atom stereocenters. The highest BCUT2D eigenvalue weighted by Gasteiger charge is 2.35. The van der Waals surface area contributed by atoms with Crippen molar-refractivity contribution in [3.8, 4) is 11.1 Å². The molecule has 3 N–H and O–H groups in total. The molecule has 1 amide bonds. The van der Waals surface area contributed by atoms with Crippen LogP contribution >= 0.6 is 23.2 Å². The molecule has 0 saturated carbocycles. The Hall–Kier alpha value is -3.88. The number of nitrogens with zero attached hydrogens (tertiary/aromatic N) is 2. The first-order valence-corrected chi connectivity index (χ1v) is 11.9. The number of hydrogen-bond acceptors (Lipinski definition) is 4. The number of carboxylic acid groups (broad SMARTS) is 1. The average Bonchev–Trinajstić information content (AvgIpc) is 3.50. The maximum atomic E-state index is 13.4. The summed E-state index contributed by atoms with van der Waals surface area (Å²) in [6.07, 6.45) is 1.46. The molecule has 2 aromatic heterocycles. The number of fused-ring (bicyclic) bond motifs is 1. The van der Waals surface area contributed by atoms with Crippen molar-refractivity contribution in [2.45, 2.75) is 25.3 Å². The van der Waals surface area contributed by atoms with Crippen LogP contribution in [0.1, 0.15) is 36.4 Å². The number of carbonyl (C=O) groups is 2. The van der Waals surface area contributed by atoms with Gasteiger partial charge in [-0.1, -0.05) is 47.5 Å². The Bertz CT molecular complexity index is 1560. The zero-order valence-corrected chi connectivity index (χ0v) is 20.3. The van der Waals surface area contributed by atoms with E-state index >= 15 is 0 Å². The molecule has 8 nitrogen and oxygen atoms in total. The van der Waals surface area contributed by atoms with Crippen molar-refractivity contribution in [3.63, 3.8) is 0 Å². The maximum absolute atomic E-state index is 13.4. The molecule has 1 aliphatic heterocycles. The number of halogens is 2. The second-order valence-corrected chi connectivity index (χ2v) is 9.30. The van der Waals surface area contributed by atoms with Gasteiger partial charge in [0, 0.05) is 40.0 Å². The van der Waals surface area contributed by atoms with Crippen LogP contribution < -0.4 is 5.56 Å². The van der Waals surface area contributed by atoms with Gasteiger partial charge < -0.3 is 15.1 Å². The van der Waals surface area contributed by atoms with E-state index in [9.17, 15) is 14.4 Å². The van der Waals surface area contributed by atoms with Crippen LogP contribution in [0.3, 0.4) is 0 Å². The van der Waals surface area contributed by atoms with Crippen molar-refractivity contribution in [2.75, 3.05) is 0 Å². The topological polar surface area (TPSA) is 119 Å². The summed E-state index contributed by atoms with van der Waals surface area (Å²) < 4.78 is 0. The molecular weight excluding hydrogens is 503 g/mol. The van der Waals surface area contributed by atoms with Gasteiger partial charge >= 0.3 is 5.97 Å². The lowest BCUT2D eigenvalue weighted by molar-refractivity contribution is -0.141. The molecule has 0 bridgehead atoms. The summed E-state index contributed by atoms with van der Waals surface area (Å²) in [5, 5.41) is 16.8. The minimum absolute atomic E-state index is 0.215. The average molecular weight is 523 g/mol. The largest absolute Gasteiger partial charge is 0.481 e. The molecule has 0 spiro atoms. The molecule has 5 rings (SSSR count). The number of hydrazone groups is 1. The number of rotatable bonds is 6. The van der Waals surface area contributed by atoms with Gasteiger partial charge in [-0.2, -0.15) is 5.10 Å². The molecule has 10 heteroatoms. The van der Waals surface area contributed by atoms with Gasteiger partial charge in [-0.25, -0.2) is 5.01 Å². The van der Waals surface area contributed by atoms with Crippen molar-refractivity contribution in [1.29, 1.82) is 0 Å². The van der Waals surface area contributed by atoms with E-state index in [4.69, 9.17) is 28.3 Å². The fraction of sp³-hybridized carbons (Fsp3) is 0.154. The monoisotopic (exact) mass is 522 g/mol. The lowest BCUT2D eigenvalue weighted by atomic mass is 9.92. The number of aromatic nitrogens is 2. The molecule has 2 aromatic carbocycles. The Labute approximate surface area is 215 Å². The standard InChI is InChI=1S/C26H20Cl2N4O4/c27-16-5-1-14(2-6-16)20-13-19(31-32(20)21(33)9-10-22(34)35)24-23(15-3-7-17(28)8-4-15)18-11-12-29-25(18)30-26(24)36/h1-8,11-12,20H,9-10,13H2,(H,34,35)(H2,29,30,36). The van der Waals surface area contributed by atoms with Gasteiger partial charge in [0.2, 0.25) is 5.91 Å². The number of H-pyrrole nitrogens is 2. The molecule has 3 heterocycles. The van der Waals surface area contributed by atoms with E-state index in [-0.39, 0.29) is 24.8 Å². The number of carboxylic acids is 1. The molecule has 0 saturated heterocycles. The fourth-order valence-corrected chi connectivity index (χ4v) is 4.71. The number of aromatic amines is 2. The molecule has 0 fully saturated rings. The zero-order valence-electron chi connectivity index (χ0n) is 18.8. The molecular formula is C26H20Cl2N4O4. The molecule has 1 aliphatic rings. The van der Waals surface area contributed by atoms with Crippen molar-refractivity contribution in [2.24, 2.45) is 5.10 Å². The Balaban J connectivity index is 1.66. The summed E-state index contributed by atoms with van der Waals surface area (Å²) >= 11 is 12.2. The van der Waals surface area contributed by atoms with Crippen molar-refractivity contribution < 1.29 is 14.7 Å². The van der Waals surface area contributed by atoms with Crippen LogP contribution in [0.25, 0.3) is 22.2 Å². The van der Waals surface area contributed by atoms with Gasteiger partial charge in [-0.15, -0.1) is 0 Å². The first-order valence-electron chi connectivity index (χ1n) is 11.2. The van der Waals surface area contributed by atoms with Gasteiger partial charge in [-0.3, -0.25) is 14.4 Å². The van der Waals surface area contributed by atoms with Crippen LogP contribution in [0.5, 0.6) is 0 Å². The van der Waals surface area contributed by atoms with E-state index in [2.05, 4.69) is 15.1 Å². The molecule has 0 aliphatic carbocycles.